The number of thiophene rings is 1. The molecule has 0 N–H and O–H groups in total. The van der Waals surface area contributed by atoms with Crippen LogP contribution in [0.4, 0.5) is 45.5 Å². The number of hydrogen-bond acceptors (Lipinski definition) is 5. The van der Waals surface area contributed by atoms with Crippen molar-refractivity contribution in [2.45, 2.75) is 103 Å². The van der Waals surface area contributed by atoms with E-state index in [2.05, 4.69) is 228 Å². The molecule has 14 rings (SSSR count). The van der Waals surface area contributed by atoms with E-state index in [4.69, 9.17) is 4.42 Å². The zero-order valence-corrected chi connectivity index (χ0v) is 42.4. The van der Waals surface area contributed by atoms with Gasteiger partial charge in [-0.1, -0.05) is 146 Å². The van der Waals surface area contributed by atoms with E-state index >= 15 is 0 Å². The Morgan fingerprint density at radius 2 is 1.06 bits per heavy atom. The van der Waals surface area contributed by atoms with Crippen molar-refractivity contribution >= 4 is 122 Å². The van der Waals surface area contributed by atoms with Crippen LogP contribution in [-0.4, -0.2) is 12.3 Å². The lowest BCUT2D eigenvalue weighted by Crippen LogP contribution is -2.62. The highest BCUT2D eigenvalue weighted by molar-refractivity contribution is 7.25. The van der Waals surface area contributed by atoms with Crippen LogP contribution >= 0.6 is 11.3 Å². The van der Waals surface area contributed by atoms with Gasteiger partial charge in [0.2, 0.25) is 0 Å². The van der Waals surface area contributed by atoms with Gasteiger partial charge in [-0.2, -0.15) is 0 Å². The third-order valence-electron chi connectivity index (χ3n) is 17.3. The van der Waals surface area contributed by atoms with Gasteiger partial charge >= 0.3 is 0 Å². The van der Waals surface area contributed by atoms with Gasteiger partial charge in [0.25, 0.3) is 6.71 Å². The number of anilines is 8. The Labute approximate surface area is 416 Å². The van der Waals surface area contributed by atoms with Crippen molar-refractivity contribution < 1.29 is 4.42 Å². The lowest BCUT2D eigenvalue weighted by atomic mass is 9.33. The molecule has 8 aromatic carbocycles. The molecule has 0 spiro atoms. The monoisotopic (exact) mass is 927 g/mol. The summed E-state index contributed by atoms with van der Waals surface area (Å²) in [5.41, 5.74) is 19.5. The highest BCUT2D eigenvalue weighted by atomic mass is 32.1. The lowest BCUT2D eigenvalue weighted by molar-refractivity contribution is 0.195. The highest BCUT2D eigenvalue weighted by Crippen LogP contribution is 2.62. The van der Waals surface area contributed by atoms with E-state index < -0.39 is 0 Å². The van der Waals surface area contributed by atoms with Crippen LogP contribution in [-0.2, 0) is 16.2 Å². The van der Waals surface area contributed by atoms with Crippen molar-refractivity contribution in [2.24, 2.45) is 0 Å². The molecule has 4 aliphatic rings. The molecule has 0 saturated heterocycles. The summed E-state index contributed by atoms with van der Waals surface area (Å²) in [6.45, 7) is 19.2. The average Bonchev–Trinajstić information content (AvgIpc) is 3.98. The number of benzene rings is 8. The maximum atomic E-state index is 6.71. The highest BCUT2D eigenvalue weighted by Gasteiger charge is 2.58. The largest absolute Gasteiger partial charge is 0.456 e. The van der Waals surface area contributed by atoms with Crippen LogP contribution in [0.25, 0.3) is 42.1 Å². The molecule has 6 heteroatoms. The molecule has 0 amide bonds. The van der Waals surface area contributed by atoms with Gasteiger partial charge in [0, 0.05) is 87.9 Å². The summed E-state index contributed by atoms with van der Waals surface area (Å²) >= 11 is 1.90. The molecule has 2 atom stereocenters. The van der Waals surface area contributed by atoms with Crippen LogP contribution < -0.4 is 31.1 Å². The van der Waals surface area contributed by atoms with Gasteiger partial charge in [-0.15, -0.1) is 11.3 Å². The van der Waals surface area contributed by atoms with E-state index in [9.17, 15) is 0 Å². The molecule has 3 aliphatic heterocycles. The normalized spacial score (nSPS) is 19.5. The van der Waals surface area contributed by atoms with Gasteiger partial charge in [-0.05, 0) is 130 Å². The van der Waals surface area contributed by atoms with Gasteiger partial charge in [0.1, 0.15) is 11.2 Å². The third-order valence-corrected chi connectivity index (χ3v) is 18.4. The third kappa shape index (κ3) is 5.77. The summed E-state index contributed by atoms with van der Waals surface area (Å²) in [6.07, 6.45) is 4.77. The Morgan fingerprint density at radius 1 is 0.486 bits per heavy atom. The quantitative estimate of drug-likeness (QED) is 0.165. The minimum absolute atomic E-state index is 0.00133. The van der Waals surface area contributed by atoms with E-state index in [0.29, 0.717) is 0 Å². The molecule has 0 bridgehead atoms. The summed E-state index contributed by atoms with van der Waals surface area (Å²) in [5, 5.41) is 4.92. The van der Waals surface area contributed by atoms with Crippen molar-refractivity contribution in [3.05, 3.63) is 174 Å². The second kappa shape index (κ2) is 14.4. The number of furan rings is 1. The molecule has 1 aliphatic carbocycles. The molecule has 0 radical (unpaired) electrons. The fraction of sp³-hybridized carbons (Fsp3) is 0.250. The summed E-state index contributed by atoms with van der Waals surface area (Å²) in [6, 6.07) is 60.7. The van der Waals surface area contributed by atoms with Crippen molar-refractivity contribution in [1.82, 2.24) is 0 Å². The van der Waals surface area contributed by atoms with Gasteiger partial charge in [0.15, 0.2) is 0 Å². The first-order valence-corrected chi connectivity index (χ1v) is 26.3. The number of rotatable bonds is 3. The lowest BCUT2D eigenvalue weighted by Gasteiger charge is -2.51. The minimum Gasteiger partial charge on any atom is -0.456 e. The molecule has 2 unspecified atom stereocenters. The smallest absolute Gasteiger partial charge is 0.252 e. The van der Waals surface area contributed by atoms with Crippen LogP contribution in [0.15, 0.2) is 162 Å². The summed E-state index contributed by atoms with van der Waals surface area (Å²) in [4.78, 5) is 8.00. The van der Waals surface area contributed by atoms with Crippen LogP contribution in [0, 0.1) is 0 Å². The fourth-order valence-electron chi connectivity index (χ4n) is 13.4. The fourth-order valence-corrected chi connectivity index (χ4v) is 14.6. The Hall–Kier alpha value is -6.76. The first-order chi connectivity index (χ1) is 33.7. The maximum Gasteiger partial charge on any atom is 0.252 e. The topological polar surface area (TPSA) is 22.9 Å². The average molecular weight is 928 g/mol. The Morgan fingerprint density at radius 3 is 1.76 bits per heavy atom. The summed E-state index contributed by atoms with van der Waals surface area (Å²) in [7, 11) is 0. The molecular weight excluding hydrogens is 870 g/mol. The van der Waals surface area contributed by atoms with E-state index in [1.54, 1.807) is 0 Å². The van der Waals surface area contributed by atoms with Crippen molar-refractivity contribution in [1.29, 1.82) is 0 Å². The molecule has 1 fully saturated rings. The molecule has 10 aromatic rings. The molecule has 1 saturated carbocycles. The zero-order chi connectivity index (χ0) is 47.6. The van der Waals surface area contributed by atoms with Gasteiger partial charge in [-0.3, -0.25) is 0 Å². The summed E-state index contributed by atoms with van der Waals surface area (Å²) in [5.74, 6) is 0. The number of hydrogen-bond donors (Lipinski definition) is 0. The zero-order valence-electron chi connectivity index (χ0n) is 41.6. The number of nitrogens with zero attached hydrogens (tertiary/aromatic N) is 3. The molecule has 344 valence electrons. The number of fused-ring (bicyclic) bond motifs is 13. The van der Waals surface area contributed by atoms with Gasteiger partial charge in [-0.25, -0.2) is 0 Å². The van der Waals surface area contributed by atoms with Gasteiger partial charge < -0.3 is 19.1 Å². The van der Waals surface area contributed by atoms with E-state index in [1.807, 2.05) is 11.3 Å². The Bertz CT molecular complexity index is 3640. The first kappa shape index (κ1) is 42.2. The Balaban J connectivity index is 1.12. The first-order valence-electron chi connectivity index (χ1n) is 25.5. The van der Waals surface area contributed by atoms with Crippen LogP contribution in [0.5, 0.6) is 0 Å². The molecule has 4 nitrogen and oxygen atoms in total. The van der Waals surface area contributed by atoms with Crippen LogP contribution in [0.3, 0.4) is 0 Å². The predicted octanol–water partition coefficient (Wildman–Crippen LogP) is 16.4. The maximum absolute atomic E-state index is 6.71. The van der Waals surface area contributed by atoms with E-state index in [1.165, 1.54) is 112 Å². The van der Waals surface area contributed by atoms with Crippen LogP contribution in [0.1, 0.15) is 97.8 Å². The SMILES string of the molecule is CC(C)(C)c1ccc2c(c1)B1c3cc(C(C)(C)C)ccc3N(c3ccc4c(c3)sc3ccccc34)c3cc(N4c5ccccc5C5(C)CCCCC45C)cc(c31)N2c1ccc2c(c1)oc1ccccc12. The van der Waals surface area contributed by atoms with Crippen molar-refractivity contribution in [3.8, 4) is 0 Å². The van der Waals surface area contributed by atoms with Crippen LogP contribution in [0.2, 0.25) is 0 Å². The number of para-hydroxylation sites is 2. The van der Waals surface area contributed by atoms with E-state index in [0.717, 1.165) is 34.0 Å². The Kier molecular flexibility index (Phi) is 8.68. The molecule has 5 heterocycles. The molecule has 2 aromatic heterocycles. The van der Waals surface area contributed by atoms with Gasteiger partial charge in [0.05, 0.1) is 5.54 Å². The predicted molar refractivity (Wildman–Crippen MR) is 301 cm³/mol. The molecule has 70 heavy (non-hydrogen) atoms. The minimum atomic E-state index is -0.128. The summed E-state index contributed by atoms with van der Waals surface area (Å²) < 4.78 is 9.34. The second-order valence-electron chi connectivity index (χ2n) is 23.3. The standard InChI is InChI=1S/C64H58BN3OS/c1-61(2,3)39-23-29-52-49(33-39)65-50-34-40(62(4,5)6)24-30-53(50)67(42-26-28-47-46-18-10-14-22-58(46)70-59(47)38-42)55-36-43(68-51-20-12-11-19-48(51)63(7)31-15-16-32-64(63,68)8)35-54(60(55)65)66(52)41-25-27-45-44-17-9-13-21-56(44)69-57(45)37-41/h9-14,17-30,33-38H,15-16,31-32H2,1-8H3. The molecular formula is C64H58BN3OS. The van der Waals surface area contributed by atoms with Crippen molar-refractivity contribution in [3.63, 3.8) is 0 Å². The van der Waals surface area contributed by atoms with Crippen molar-refractivity contribution in [2.75, 3.05) is 14.7 Å². The van der Waals surface area contributed by atoms with E-state index in [-0.39, 0.29) is 28.5 Å². The second-order valence-corrected chi connectivity index (χ2v) is 24.4.